The predicted molar refractivity (Wildman–Crippen MR) is 107 cm³/mol. The largest absolute Gasteiger partial charge is 0.299 e. The minimum atomic E-state index is 0.837. The van der Waals surface area contributed by atoms with Crippen LogP contribution >= 0.6 is 0 Å². The molecule has 0 radical (unpaired) electrons. The van der Waals surface area contributed by atoms with Crippen molar-refractivity contribution in [3.05, 3.63) is 35.9 Å². The molecular weight excluding hydrogens is 318 g/mol. The Balaban J connectivity index is 1.07. The number of piperazine rings is 1. The molecule has 26 heavy (non-hydrogen) atoms. The maximum atomic E-state index is 2.87. The van der Waals surface area contributed by atoms with Gasteiger partial charge in [-0.25, -0.2) is 0 Å². The normalized spacial score (nSPS) is 34.5. The van der Waals surface area contributed by atoms with E-state index in [9.17, 15) is 0 Å². The van der Waals surface area contributed by atoms with Crippen molar-refractivity contribution in [2.45, 2.75) is 57.2 Å². The fourth-order valence-corrected chi connectivity index (χ4v) is 6.38. The smallest absolute Gasteiger partial charge is 0.0233 e. The Morgan fingerprint density at radius 1 is 0.731 bits per heavy atom. The van der Waals surface area contributed by atoms with E-state index in [1.165, 1.54) is 76.9 Å². The standard InChI is InChI=1S/C23H35N3/c1-2-4-19(5-3-1)18-24-10-8-22(9-11-24)25-12-14-26(15-13-25)23-17-20-6-7-21(23)16-20/h1-5,20-23H,6-18H2/t20-,21-,23+/m1/s1. The molecule has 5 rings (SSSR count). The molecule has 2 aliphatic heterocycles. The van der Waals surface area contributed by atoms with Crippen molar-refractivity contribution < 1.29 is 0 Å². The molecule has 4 fully saturated rings. The summed E-state index contributed by atoms with van der Waals surface area (Å²) >= 11 is 0. The minimum Gasteiger partial charge on any atom is -0.299 e. The van der Waals surface area contributed by atoms with Crippen molar-refractivity contribution in [2.24, 2.45) is 11.8 Å². The second kappa shape index (κ2) is 7.61. The van der Waals surface area contributed by atoms with E-state index in [4.69, 9.17) is 0 Å². The number of fused-ring (bicyclic) bond motifs is 2. The Hall–Kier alpha value is -0.900. The van der Waals surface area contributed by atoms with Gasteiger partial charge in [0.1, 0.15) is 0 Å². The molecule has 3 nitrogen and oxygen atoms in total. The Bertz CT molecular complexity index is 572. The molecule has 0 aromatic heterocycles. The zero-order chi connectivity index (χ0) is 17.3. The summed E-state index contributed by atoms with van der Waals surface area (Å²) in [6, 6.07) is 12.8. The average Bonchev–Trinajstić information content (AvgIpc) is 3.33. The van der Waals surface area contributed by atoms with Crippen LogP contribution in [0.15, 0.2) is 30.3 Å². The third kappa shape index (κ3) is 3.58. The Morgan fingerprint density at radius 3 is 2.12 bits per heavy atom. The van der Waals surface area contributed by atoms with Gasteiger partial charge in [-0.1, -0.05) is 36.8 Å². The van der Waals surface area contributed by atoms with Gasteiger partial charge in [0.25, 0.3) is 0 Å². The molecular formula is C23H35N3. The van der Waals surface area contributed by atoms with Crippen molar-refractivity contribution >= 4 is 0 Å². The van der Waals surface area contributed by atoms with Gasteiger partial charge in [0.05, 0.1) is 0 Å². The van der Waals surface area contributed by atoms with E-state index in [0.717, 1.165) is 30.5 Å². The van der Waals surface area contributed by atoms with Crippen molar-refractivity contribution in [3.63, 3.8) is 0 Å². The van der Waals surface area contributed by atoms with Gasteiger partial charge in [-0.2, -0.15) is 0 Å². The number of hydrogen-bond acceptors (Lipinski definition) is 3. The highest BCUT2D eigenvalue weighted by atomic mass is 15.3. The van der Waals surface area contributed by atoms with Crippen LogP contribution in [0.2, 0.25) is 0 Å². The summed E-state index contributed by atoms with van der Waals surface area (Å²) in [7, 11) is 0. The lowest BCUT2D eigenvalue weighted by Gasteiger charge is -2.45. The summed E-state index contributed by atoms with van der Waals surface area (Å²) in [6.07, 6.45) is 8.84. The van der Waals surface area contributed by atoms with Crippen LogP contribution in [0.3, 0.4) is 0 Å². The third-order valence-corrected chi connectivity index (χ3v) is 7.84. The summed E-state index contributed by atoms with van der Waals surface area (Å²) in [4.78, 5) is 8.34. The quantitative estimate of drug-likeness (QED) is 0.821. The summed E-state index contributed by atoms with van der Waals surface area (Å²) in [5.74, 6) is 2.13. The molecule has 1 aromatic carbocycles. The predicted octanol–water partition coefficient (Wildman–Crippen LogP) is 3.46. The topological polar surface area (TPSA) is 9.72 Å². The zero-order valence-corrected chi connectivity index (χ0v) is 16.2. The summed E-state index contributed by atoms with van der Waals surface area (Å²) in [5, 5.41) is 0. The molecule has 3 atom stereocenters. The molecule has 0 unspecified atom stereocenters. The van der Waals surface area contributed by atoms with Gasteiger partial charge in [0.15, 0.2) is 0 Å². The molecule has 4 aliphatic rings. The fourth-order valence-electron chi connectivity index (χ4n) is 6.38. The lowest BCUT2D eigenvalue weighted by atomic mass is 9.93. The van der Waals surface area contributed by atoms with Crippen molar-refractivity contribution in [2.75, 3.05) is 39.3 Å². The molecule has 2 bridgehead atoms. The van der Waals surface area contributed by atoms with E-state index < -0.39 is 0 Å². The highest BCUT2D eigenvalue weighted by Gasteiger charge is 2.43. The number of rotatable bonds is 4. The Morgan fingerprint density at radius 2 is 1.46 bits per heavy atom. The van der Waals surface area contributed by atoms with E-state index >= 15 is 0 Å². The van der Waals surface area contributed by atoms with E-state index in [0.29, 0.717) is 0 Å². The van der Waals surface area contributed by atoms with Crippen LogP contribution in [0.5, 0.6) is 0 Å². The van der Waals surface area contributed by atoms with Gasteiger partial charge in [-0.15, -0.1) is 0 Å². The maximum Gasteiger partial charge on any atom is 0.0233 e. The molecule has 2 heterocycles. The Kier molecular flexibility index (Phi) is 5.04. The first-order valence-corrected chi connectivity index (χ1v) is 11.1. The number of likely N-dealkylation sites (tertiary alicyclic amines) is 1. The zero-order valence-electron chi connectivity index (χ0n) is 16.2. The van der Waals surface area contributed by atoms with Crippen LogP contribution in [0.4, 0.5) is 0 Å². The molecule has 0 N–H and O–H groups in total. The molecule has 0 spiro atoms. The Labute approximate surface area is 159 Å². The van der Waals surface area contributed by atoms with Crippen LogP contribution in [0.25, 0.3) is 0 Å². The molecule has 2 saturated heterocycles. The minimum absolute atomic E-state index is 0.837. The SMILES string of the molecule is c1ccc(CN2CCC(N3CCN([C@H]4C[C@@H]5CC[C@@H]4C5)CC3)CC2)cc1. The second-order valence-electron chi connectivity index (χ2n) is 9.31. The third-order valence-electron chi connectivity index (χ3n) is 7.84. The van der Waals surface area contributed by atoms with Gasteiger partial charge in [0.2, 0.25) is 0 Å². The first-order chi connectivity index (χ1) is 12.8. The van der Waals surface area contributed by atoms with Crippen molar-refractivity contribution in [3.8, 4) is 0 Å². The fraction of sp³-hybridized carbons (Fsp3) is 0.739. The highest BCUT2D eigenvalue weighted by molar-refractivity contribution is 5.14. The first kappa shape index (κ1) is 17.2. The molecule has 1 aromatic rings. The molecule has 0 amide bonds. The van der Waals surface area contributed by atoms with Gasteiger partial charge < -0.3 is 0 Å². The molecule has 3 heteroatoms. The monoisotopic (exact) mass is 353 g/mol. The molecule has 2 aliphatic carbocycles. The lowest BCUT2D eigenvalue weighted by Crippen LogP contribution is -2.55. The first-order valence-electron chi connectivity index (χ1n) is 11.1. The summed E-state index contributed by atoms with van der Waals surface area (Å²) < 4.78 is 0. The van der Waals surface area contributed by atoms with Crippen LogP contribution in [0, 0.1) is 11.8 Å². The van der Waals surface area contributed by atoms with Crippen LogP contribution in [-0.4, -0.2) is 66.1 Å². The highest BCUT2D eigenvalue weighted by Crippen LogP contribution is 2.46. The van der Waals surface area contributed by atoms with Crippen LogP contribution < -0.4 is 0 Å². The van der Waals surface area contributed by atoms with E-state index in [-0.39, 0.29) is 0 Å². The van der Waals surface area contributed by atoms with Crippen molar-refractivity contribution in [1.29, 1.82) is 0 Å². The van der Waals surface area contributed by atoms with E-state index in [1.807, 2.05) is 0 Å². The van der Waals surface area contributed by atoms with Crippen LogP contribution in [0.1, 0.15) is 44.1 Å². The molecule has 142 valence electrons. The summed E-state index contributed by atoms with van der Waals surface area (Å²) in [5.41, 5.74) is 1.46. The van der Waals surface area contributed by atoms with Gasteiger partial charge in [-0.05, 0) is 62.6 Å². The second-order valence-corrected chi connectivity index (χ2v) is 9.31. The number of hydrogen-bond donors (Lipinski definition) is 0. The van der Waals surface area contributed by atoms with Gasteiger partial charge >= 0.3 is 0 Å². The average molecular weight is 354 g/mol. The number of piperidine rings is 1. The van der Waals surface area contributed by atoms with Gasteiger partial charge in [-0.3, -0.25) is 14.7 Å². The van der Waals surface area contributed by atoms with E-state index in [1.54, 1.807) is 6.42 Å². The van der Waals surface area contributed by atoms with Gasteiger partial charge in [0, 0.05) is 44.8 Å². The summed E-state index contributed by atoms with van der Waals surface area (Å²) in [6.45, 7) is 8.97. The van der Waals surface area contributed by atoms with Crippen LogP contribution in [-0.2, 0) is 6.54 Å². The van der Waals surface area contributed by atoms with Crippen molar-refractivity contribution in [1.82, 2.24) is 14.7 Å². The number of benzene rings is 1. The molecule has 2 saturated carbocycles. The van der Waals surface area contributed by atoms with E-state index in [2.05, 4.69) is 45.0 Å². The lowest BCUT2D eigenvalue weighted by molar-refractivity contribution is 0.0296. The maximum absolute atomic E-state index is 2.87. The number of nitrogens with zero attached hydrogens (tertiary/aromatic N) is 3.